The van der Waals surface area contributed by atoms with E-state index >= 15 is 0 Å². The highest BCUT2D eigenvalue weighted by molar-refractivity contribution is 5.16. The molecule has 1 aromatic rings. The second-order valence-electron chi connectivity index (χ2n) is 2.22. The fraction of sp³-hybridized carbons (Fsp3) is 0.286. The van der Waals surface area contributed by atoms with Crippen LogP contribution in [0.25, 0.3) is 0 Å². The molecule has 0 aliphatic rings. The Bertz CT molecular complexity index is 254. The van der Waals surface area contributed by atoms with Gasteiger partial charge in [-0.1, -0.05) is 6.07 Å². The van der Waals surface area contributed by atoms with Crippen molar-refractivity contribution < 1.29 is 17.9 Å². The van der Waals surface area contributed by atoms with E-state index in [9.17, 15) is 13.2 Å². The SMILES string of the molecule is Cc1ccc(OC(F)(F)F)nc1. The molecule has 1 rings (SSSR count). The molecule has 0 fully saturated rings. The van der Waals surface area contributed by atoms with Crippen molar-refractivity contribution in [1.82, 2.24) is 4.98 Å². The first kappa shape index (κ1) is 8.83. The van der Waals surface area contributed by atoms with Gasteiger partial charge in [-0.3, -0.25) is 0 Å². The van der Waals surface area contributed by atoms with Gasteiger partial charge in [0.25, 0.3) is 0 Å². The fourth-order valence-corrected chi connectivity index (χ4v) is 0.633. The summed E-state index contributed by atoms with van der Waals surface area (Å²) in [5, 5.41) is 0. The Kier molecular flexibility index (Phi) is 2.21. The molecule has 0 saturated carbocycles. The zero-order valence-electron chi connectivity index (χ0n) is 6.22. The largest absolute Gasteiger partial charge is 0.574 e. The maximum absolute atomic E-state index is 11.6. The van der Waals surface area contributed by atoms with Gasteiger partial charge in [0.2, 0.25) is 5.88 Å². The zero-order valence-corrected chi connectivity index (χ0v) is 6.22. The lowest BCUT2D eigenvalue weighted by Crippen LogP contribution is -2.17. The average Bonchev–Trinajstić information content (AvgIpc) is 1.91. The van der Waals surface area contributed by atoms with Crippen molar-refractivity contribution in [2.75, 3.05) is 0 Å². The second-order valence-corrected chi connectivity index (χ2v) is 2.22. The zero-order chi connectivity index (χ0) is 9.19. The summed E-state index contributed by atoms with van der Waals surface area (Å²) in [6.07, 6.45) is -3.36. The van der Waals surface area contributed by atoms with Crippen molar-refractivity contribution in [2.24, 2.45) is 0 Å². The van der Waals surface area contributed by atoms with E-state index in [-0.39, 0.29) is 0 Å². The number of hydrogen-bond donors (Lipinski definition) is 0. The Hall–Kier alpha value is -1.26. The van der Waals surface area contributed by atoms with Crippen molar-refractivity contribution >= 4 is 0 Å². The van der Waals surface area contributed by atoms with Crippen LogP contribution in [0.5, 0.6) is 5.88 Å². The van der Waals surface area contributed by atoms with Gasteiger partial charge in [0, 0.05) is 12.3 Å². The van der Waals surface area contributed by atoms with Gasteiger partial charge < -0.3 is 4.74 Å². The quantitative estimate of drug-likeness (QED) is 0.656. The fourth-order valence-electron chi connectivity index (χ4n) is 0.633. The van der Waals surface area contributed by atoms with Crippen LogP contribution in [-0.4, -0.2) is 11.3 Å². The number of aromatic nitrogens is 1. The molecule has 2 nitrogen and oxygen atoms in total. The predicted octanol–water partition coefficient (Wildman–Crippen LogP) is 2.29. The first-order valence-electron chi connectivity index (χ1n) is 3.16. The van der Waals surface area contributed by atoms with Crippen molar-refractivity contribution in [3.8, 4) is 5.88 Å². The van der Waals surface area contributed by atoms with Crippen LogP contribution >= 0.6 is 0 Å². The Morgan fingerprint density at radius 2 is 2.00 bits per heavy atom. The van der Waals surface area contributed by atoms with Crippen LogP contribution in [0.2, 0.25) is 0 Å². The Morgan fingerprint density at radius 1 is 1.33 bits per heavy atom. The standard InChI is InChI=1S/C7H6F3NO/c1-5-2-3-6(11-4-5)12-7(8,9)10/h2-4H,1H3. The van der Waals surface area contributed by atoms with Gasteiger partial charge in [0.05, 0.1) is 0 Å². The summed E-state index contributed by atoms with van der Waals surface area (Å²) in [6, 6.07) is 2.66. The lowest BCUT2D eigenvalue weighted by molar-refractivity contribution is -0.276. The average molecular weight is 177 g/mol. The van der Waals surface area contributed by atoms with E-state index in [1.807, 2.05) is 0 Å². The molecule has 0 N–H and O–H groups in total. The summed E-state index contributed by atoms with van der Waals surface area (Å²) in [6.45, 7) is 1.73. The predicted molar refractivity (Wildman–Crippen MR) is 35.7 cm³/mol. The van der Waals surface area contributed by atoms with Crippen LogP contribution in [0.3, 0.4) is 0 Å². The first-order valence-corrected chi connectivity index (χ1v) is 3.16. The van der Waals surface area contributed by atoms with Gasteiger partial charge in [-0.25, -0.2) is 4.98 Å². The van der Waals surface area contributed by atoms with Gasteiger partial charge in [-0.2, -0.15) is 0 Å². The number of nitrogens with zero attached hydrogens (tertiary/aromatic N) is 1. The molecule has 1 heterocycles. The topological polar surface area (TPSA) is 22.1 Å². The second kappa shape index (κ2) is 3.00. The third-order valence-electron chi connectivity index (χ3n) is 1.10. The summed E-state index contributed by atoms with van der Waals surface area (Å²) >= 11 is 0. The molecule has 0 unspecified atom stereocenters. The number of halogens is 3. The molecule has 0 amide bonds. The molecule has 0 aliphatic carbocycles. The molecule has 0 atom stereocenters. The molecule has 0 radical (unpaired) electrons. The number of alkyl halides is 3. The lowest BCUT2D eigenvalue weighted by atomic mass is 10.3. The molecule has 66 valence electrons. The van der Waals surface area contributed by atoms with Crippen molar-refractivity contribution in [2.45, 2.75) is 13.3 Å². The third kappa shape index (κ3) is 2.77. The summed E-state index contributed by atoms with van der Waals surface area (Å²) in [7, 11) is 0. The Balaban J connectivity index is 2.71. The summed E-state index contributed by atoms with van der Waals surface area (Å²) in [5.74, 6) is -0.437. The highest BCUT2D eigenvalue weighted by Gasteiger charge is 2.31. The van der Waals surface area contributed by atoms with Crippen LogP contribution in [0, 0.1) is 6.92 Å². The molecule has 0 aliphatic heterocycles. The van der Waals surface area contributed by atoms with E-state index in [2.05, 4.69) is 9.72 Å². The molecule has 12 heavy (non-hydrogen) atoms. The van der Waals surface area contributed by atoms with Crippen LogP contribution < -0.4 is 4.74 Å². The molecule has 5 heteroatoms. The molecule has 1 aromatic heterocycles. The summed E-state index contributed by atoms with van der Waals surface area (Å²) < 4.78 is 38.3. The molecular weight excluding hydrogens is 171 g/mol. The van der Waals surface area contributed by atoms with Gasteiger partial charge in [-0.15, -0.1) is 13.2 Å². The smallest absolute Gasteiger partial charge is 0.388 e. The van der Waals surface area contributed by atoms with Crippen molar-refractivity contribution in [3.63, 3.8) is 0 Å². The van der Waals surface area contributed by atoms with E-state index in [0.717, 1.165) is 5.56 Å². The maximum atomic E-state index is 11.6. The maximum Gasteiger partial charge on any atom is 0.574 e. The van der Waals surface area contributed by atoms with Crippen LogP contribution in [0.1, 0.15) is 5.56 Å². The number of rotatable bonds is 1. The Morgan fingerprint density at radius 3 is 2.42 bits per heavy atom. The van der Waals surface area contributed by atoms with E-state index in [1.165, 1.54) is 18.3 Å². The van der Waals surface area contributed by atoms with Crippen LogP contribution in [0.15, 0.2) is 18.3 Å². The number of pyridine rings is 1. The minimum Gasteiger partial charge on any atom is -0.388 e. The number of aryl methyl sites for hydroxylation is 1. The van der Waals surface area contributed by atoms with Gasteiger partial charge in [-0.05, 0) is 12.5 Å². The van der Waals surface area contributed by atoms with E-state index in [4.69, 9.17) is 0 Å². The van der Waals surface area contributed by atoms with Gasteiger partial charge in [0.1, 0.15) is 0 Å². The third-order valence-corrected chi connectivity index (χ3v) is 1.10. The molecule has 0 aromatic carbocycles. The van der Waals surface area contributed by atoms with Crippen LogP contribution in [-0.2, 0) is 0 Å². The normalized spacial score (nSPS) is 11.3. The molecule has 0 spiro atoms. The molecular formula is C7H6F3NO. The number of hydrogen-bond acceptors (Lipinski definition) is 2. The first-order chi connectivity index (χ1) is 5.47. The van der Waals surface area contributed by atoms with E-state index < -0.39 is 12.2 Å². The Labute approximate surface area is 67.0 Å². The van der Waals surface area contributed by atoms with E-state index in [0.29, 0.717) is 0 Å². The van der Waals surface area contributed by atoms with Crippen molar-refractivity contribution in [1.29, 1.82) is 0 Å². The summed E-state index contributed by atoms with van der Waals surface area (Å²) in [4.78, 5) is 3.42. The van der Waals surface area contributed by atoms with Gasteiger partial charge in [0.15, 0.2) is 0 Å². The lowest BCUT2D eigenvalue weighted by Gasteiger charge is -2.06. The monoisotopic (exact) mass is 177 g/mol. The van der Waals surface area contributed by atoms with E-state index in [1.54, 1.807) is 6.92 Å². The number of ether oxygens (including phenoxy) is 1. The van der Waals surface area contributed by atoms with Crippen molar-refractivity contribution in [3.05, 3.63) is 23.9 Å². The van der Waals surface area contributed by atoms with Crippen LogP contribution in [0.4, 0.5) is 13.2 Å². The van der Waals surface area contributed by atoms with Gasteiger partial charge >= 0.3 is 6.36 Å². The minimum absolute atomic E-state index is 0.437. The highest BCUT2D eigenvalue weighted by Crippen LogP contribution is 2.20. The minimum atomic E-state index is -4.66. The molecule has 0 bridgehead atoms. The summed E-state index contributed by atoms with van der Waals surface area (Å²) in [5.41, 5.74) is 0.782. The highest BCUT2D eigenvalue weighted by atomic mass is 19.4. The molecule has 0 saturated heterocycles.